The summed E-state index contributed by atoms with van der Waals surface area (Å²) in [5.74, 6) is 1.67. The fraction of sp³-hybridized carbons (Fsp3) is 0.409. The topological polar surface area (TPSA) is 90.7 Å². The van der Waals surface area contributed by atoms with Crippen molar-refractivity contribution in [2.45, 2.75) is 38.5 Å². The van der Waals surface area contributed by atoms with Gasteiger partial charge in [0.25, 0.3) is 11.6 Å². The molecule has 2 aromatic rings. The number of nitrogens with one attached hydrogen (secondary N) is 1. The molecule has 2 aromatic carbocycles. The first-order chi connectivity index (χ1) is 14.1. The van der Waals surface area contributed by atoms with Gasteiger partial charge < -0.3 is 14.8 Å². The van der Waals surface area contributed by atoms with Crippen molar-refractivity contribution < 1.29 is 19.2 Å². The van der Waals surface area contributed by atoms with Crippen molar-refractivity contribution in [3.63, 3.8) is 0 Å². The lowest BCUT2D eigenvalue weighted by atomic mass is 9.87. The number of carbonyl (C=O) groups is 1. The monoisotopic (exact) mass is 398 g/mol. The second kappa shape index (κ2) is 10.5. The maximum Gasteiger partial charge on any atom is 0.269 e. The average molecular weight is 398 g/mol. The van der Waals surface area contributed by atoms with E-state index in [-0.39, 0.29) is 18.2 Å². The molecule has 0 aromatic heterocycles. The molecule has 0 spiro atoms. The van der Waals surface area contributed by atoms with E-state index in [1.807, 2.05) is 12.1 Å². The number of ether oxygens (including phenoxy) is 2. The molecule has 154 valence electrons. The Balaban J connectivity index is 1.38. The van der Waals surface area contributed by atoms with Crippen molar-refractivity contribution in [1.29, 1.82) is 0 Å². The normalized spacial score (nSPS) is 14.2. The summed E-state index contributed by atoms with van der Waals surface area (Å²) in [5.41, 5.74) is 0.629. The van der Waals surface area contributed by atoms with Gasteiger partial charge in [-0.3, -0.25) is 14.9 Å². The van der Waals surface area contributed by atoms with E-state index in [1.54, 1.807) is 12.1 Å². The Labute approximate surface area is 170 Å². The van der Waals surface area contributed by atoms with Gasteiger partial charge in [0.05, 0.1) is 11.5 Å². The molecule has 0 aliphatic heterocycles. The Morgan fingerprint density at radius 2 is 1.59 bits per heavy atom. The second-order valence-corrected chi connectivity index (χ2v) is 7.25. The predicted octanol–water partition coefficient (Wildman–Crippen LogP) is 4.96. The SMILES string of the molecule is O=C(COc1ccc([N+](=O)[O-])cc1)Nc1ccc(OCCC2CCCCC2)cc1. The third kappa shape index (κ3) is 6.78. The molecule has 0 unspecified atom stereocenters. The summed E-state index contributed by atoms with van der Waals surface area (Å²) in [7, 11) is 0. The van der Waals surface area contributed by atoms with Crippen LogP contribution in [0.3, 0.4) is 0 Å². The first-order valence-corrected chi connectivity index (χ1v) is 10.00. The van der Waals surface area contributed by atoms with E-state index in [4.69, 9.17) is 9.47 Å². The molecular formula is C22H26N2O5. The fourth-order valence-electron chi connectivity index (χ4n) is 3.46. The van der Waals surface area contributed by atoms with Crippen LogP contribution in [0.25, 0.3) is 0 Å². The molecule has 1 fully saturated rings. The van der Waals surface area contributed by atoms with Crippen LogP contribution in [0.1, 0.15) is 38.5 Å². The molecule has 0 radical (unpaired) electrons. The van der Waals surface area contributed by atoms with Crippen LogP contribution in [0.4, 0.5) is 11.4 Å². The number of nitro benzene ring substituents is 1. The minimum absolute atomic E-state index is 0.0251. The van der Waals surface area contributed by atoms with Crippen LogP contribution in [0.5, 0.6) is 11.5 Å². The largest absolute Gasteiger partial charge is 0.494 e. The van der Waals surface area contributed by atoms with Gasteiger partial charge in [-0.15, -0.1) is 0 Å². The molecule has 1 amide bonds. The number of hydrogen-bond donors (Lipinski definition) is 1. The predicted molar refractivity (Wildman–Crippen MR) is 110 cm³/mol. The van der Waals surface area contributed by atoms with E-state index in [2.05, 4.69) is 5.32 Å². The Hall–Kier alpha value is -3.09. The first kappa shape index (κ1) is 20.6. The van der Waals surface area contributed by atoms with E-state index in [0.29, 0.717) is 11.4 Å². The third-order valence-electron chi connectivity index (χ3n) is 5.08. The smallest absolute Gasteiger partial charge is 0.269 e. The number of non-ortho nitro benzene ring substituents is 1. The van der Waals surface area contributed by atoms with Crippen molar-refractivity contribution in [2.24, 2.45) is 5.92 Å². The number of nitrogens with zero attached hydrogens (tertiary/aromatic N) is 1. The van der Waals surface area contributed by atoms with Gasteiger partial charge in [-0.05, 0) is 48.7 Å². The van der Waals surface area contributed by atoms with Crippen LogP contribution >= 0.6 is 0 Å². The molecule has 0 atom stereocenters. The molecule has 3 rings (SSSR count). The molecule has 0 bridgehead atoms. The zero-order chi connectivity index (χ0) is 20.5. The number of nitro groups is 1. The summed E-state index contributed by atoms with van der Waals surface area (Å²) >= 11 is 0. The summed E-state index contributed by atoms with van der Waals surface area (Å²) in [6.07, 6.45) is 7.77. The van der Waals surface area contributed by atoms with Crippen molar-refractivity contribution in [1.82, 2.24) is 0 Å². The Bertz CT molecular complexity index is 799. The zero-order valence-electron chi connectivity index (χ0n) is 16.3. The Morgan fingerprint density at radius 3 is 2.24 bits per heavy atom. The standard InChI is InChI=1S/C22H26N2O5/c25-22(16-29-21-12-8-19(9-13-21)24(26)27)23-18-6-10-20(11-7-18)28-15-14-17-4-2-1-3-5-17/h6-13,17H,1-5,14-16H2,(H,23,25). The van der Waals surface area contributed by atoms with E-state index >= 15 is 0 Å². The number of carbonyl (C=O) groups excluding carboxylic acids is 1. The molecule has 7 heteroatoms. The lowest BCUT2D eigenvalue weighted by Gasteiger charge is -2.21. The number of amides is 1. The van der Waals surface area contributed by atoms with Gasteiger partial charge in [0, 0.05) is 17.8 Å². The minimum atomic E-state index is -0.486. The highest BCUT2D eigenvalue weighted by atomic mass is 16.6. The van der Waals surface area contributed by atoms with Crippen molar-refractivity contribution in [3.8, 4) is 11.5 Å². The average Bonchev–Trinajstić information content (AvgIpc) is 2.74. The number of anilines is 1. The summed E-state index contributed by atoms with van der Waals surface area (Å²) < 4.78 is 11.2. The van der Waals surface area contributed by atoms with Gasteiger partial charge in [0.2, 0.25) is 0 Å². The maximum atomic E-state index is 12.0. The van der Waals surface area contributed by atoms with Crippen LogP contribution in [-0.4, -0.2) is 24.0 Å². The lowest BCUT2D eigenvalue weighted by molar-refractivity contribution is -0.384. The molecular weight excluding hydrogens is 372 g/mol. The molecule has 0 saturated heterocycles. The van der Waals surface area contributed by atoms with E-state index in [1.165, 1.54) is 56.4 Å². The highest BCUT2D eigenvalue weighted by Gasteiger charge is 2.13. The molecule has 7 nitrogen and oxygen atoms in total. The number of hydrogen-bond acceptors (Lipinski definition) is 5. The van der Waals surface area contributed by atoms with Crippen LogP contribution in [0.15, 0.2) is 48.5 Å². The number of rotatable bonds is 9. The molecule has 29 heavy (non-hydrogen) atoms. The van der Waals surface area contributed by atoms with Gasteiger partial charge in [-0.1, -0.05) is 32.1 Å². The van der Waals surface area contributed by atoms with Crippen molar-refractivity contribution in [3.05, 3.63) is 58.6 Å². The summed E-state index contributed by atoms with van der Waals surface area (Å²) in [5, 5.41) is 13.4. The van der Waals surface area contributed by atoms with Crippen LogP contribution in [0.2, 0.25) is 0 Å². The first-order valence-electron chi connectivity index (χ1n) is 10.00. The number of benzene rings is 2. The van der Waals surface area contributed by atoms with E-state index < -0.39 is 4.92 Å². The minimum Gasteiger partial charge on any atom is -0.494 e. The fourth-order valence-corrected chi connectivity index (χ4v) is 3.46. The van der Waals surface area contributed by atoms with Crippen LogP contribution < -0.4 is 14.8 Å². The highest BCUT2D eigenvalue weighted by Crippen LogP contribution is 2.26. The van der Waals surface area contributed by atoms with Crippen molar-refractivity contribution >= 4 is 17.3 Å². The van der Waals surface area contributed by atoms with Gasteiger partial charge >= 0.3 is 0 Å². The van der Waals surface area contributed by atoms with Gasteiger partial charge in [-0.2, -0.15) is 0 Å². The van der Waals surface area contributed by atoms with E-state index in [9.17, 15) is 14.9 Å². The molecule has 1 aliphatic rings. The zero-order valence-corrected chi connectivity index (χ0v) is 16.3. The van der Waals surface area contributed by atoms with Crippen LogP contribution in [-0.2, 0) is 4.79 Å². The lowest BCUT2D eigenvalue weighted by Crippen LogP contribution is -2.20. The quantitative estimate of drug-likeness (QED) is 0.476. The highest BCUT2D eigenvalue weighted by molar-refractivity contribution is 5.91. The second-order valence-electron chi connectivity index (χ2n) is 7.25. The van der Waals surface area contributed by atoms with Gasteiger partial charge in [0.1, 0.15) is 11.5 Å². The molecule has 0 heterocycles. The van der Waals surface area contributed by atoms with E-state index in [0.717, 1.165) is 24.7 Å². The maximum absolute atomic E-state index is 12.0. The van der Waals surface area contributed by atoms with Crippen LogP contribution in [0, 0.1) is 16.0 Å². The summed E-state index contributed by atoms with van der Waals surface area (Å²) in [4.78, 5) is 22.2. The third-order valence-corrected chi connectivity index (χ3v) is 5.08. The summed E-state index contributed by atoms with van der Waals surface area (Å²) in [6, 6.07) is 12.9. The van der Waals surface area contributed by atoms with Crippen molar-refractivity contribution in [2.75, 3.05) is 18.5 Å². The Kier molecular flexibility index (Phi) is 7.44. The van der Waals surface area contributed by atoms with Gasteiger partial charge in [0.15, 0.2) is 6.61 Å². The molecule has 1 aliphatic carbocycles. The van der Waals surface area contributed by atoms with Gasteiger partial charge in [-0.25, -0.2) is 0 Å². The molecule has 1 saturated carbocycles. The summed E-state index contributed by atoms with van der Waals surface area (Å²) in [6.45, 7) is 0.539. The molecule has 1 N–H and O–H groups in total. The Morgan fingerprint density at radius 1 is 0.966 bits per heavy atom.